The lowest BCUT2D eigenvalue weighted by molar-refractivity contribution is -0.0540. The molecule has 1 aliphatic heterocycles. The Bertz CT molecular complexity index is 203. The maximum atomic E-state index is 9.84. The third-order valence-corrected chi connectivity index (χ3v) is 2.98. The third-order valence-electron chi connectivity index (χ3n) is 2.98. The van der Waals surface area contributed by atoms with Crippen LogP contribution >= 0.6 is 0 Å². The molecule has 1 saturated heterocycles. The molecule has 0 amide bonds. The topological polar surface area (TPSA) is 52.9 Å². The molecule has 0 aliphatic carbocycles. The number of rotatable bonds is 5. The molecule has 0 aromatic rings. The summed E-state index contributed by atoms with van der Waals surface area (Å²) in [5.41, 5.74) is -0.684. The number of likely N-dealkylation sites (N-methyl/N-ethyl adjacent to an activating group) is 1. The summed E-state index contributed by atoms with van der Waals surface area (Å²) in [5.74, 6) is 0.177. The van der Waals surface area contributed by atoms with E-state index in [0.29, 0.717) is 19.8 Å². The van der Waals surface area contributed by atoms with E-state index in [1.807, 2.05) is 13.8 Å². The fourth-order valence-corrected chi connectivity index (χ4v) is 2.14. The second-order valence-corrected chi connectivity index (χ2v) is 5.33. The molecule has 4 nitrogen and oxygen atoms in total. The predicted molar refractivity (Wildman–Crippen MR) is 63.3 cm³/mol. The molecule has 1 fully saturated rings. The lowest BCUT2D eigenvalue weighted by atomic mass is 9.97. The van der Waals surface area contributed by atoms with Crippen molar-refractivity contribution in [1.82, 2.24) is 4.90 Å². The molecule has 2 unspecified atom stereocenters. The Hall–Kier alpha value is -0.160. The minimum Gasteiger partial charge on any atom is -0.393 e. The molecule has 1 aliphatic rings. The fourth-order valence-electron chi connectivity index (χ4n) is 2.14. The second-order valence-electron chi connectivity index (χ2n) is 5.33. The predicted octanol–water partition coefficient (Wildman–Crippen LogP) is 0.477. The Morgan fingerprint density at radius 1 is 1.44 bits per heavy atom. The van der Waals surface area contributed by atoms with Crippen molar-refractivity contribution in [3.63, 3.8) is 0 Å². The van der Waals surface area contributed by atoms with Crippen molar-refractivity contribution in [2.45, 2.75) is 38.9 Å². The summed E-state index contributed by atoms with van der Waals surface area (Å²) in [4.78, 5) is 2.17. The highest BCUT2D eigenvalue weighted by Crippen LogP contribution is 2.17. The summed E-state index contributed by atoms with van der Waals surface area (Å²) in [6.45, 7) is 9.29. The molecule has 0 saturated carbocycles. The fraction of sp³-hybridized carbons (Fsp3) is 1.00. The van der Waals surface area contributed by atoms with Gasteiger partial charge in [-0.2, -0.15) is 0 Å². The zero-order chi connectivity index (χ0) is 12.2. The Balaban J connectivity index is 2.42. The molecule has 2 N–H and O–H groups in total. The maximum absolute atomic E-state index is 9.84. The summed E-state index contributed by atoms with van der Waals surface area (Å²) in [5, 5.41) is 19.6. The third kappa shape index (κ3) is 4.78. The van der Waals surface area contributed by atoms with E-state index in [4.69, 9.17) is 4.74 Å². The van der Waals surface area contributed by atoms with Crippen LogP contribution in [0.3, 0.4) is 0 Å². The molecular formula is C12H25NO3. The van der Waals surface area contributed by atoms with Gasteiger partial charge in [-0.3, -0.25) is 0 Å². The average Bonchev–Trinajstić information content (AvgIpc) is 2.18. The average molecular weight is 231 g/mol. The number of ether oxygens (including phenoxy) is 1. The highest BCUT2D eigenvalue weighted by atomic mass is 16.5. The van der Waals surface area contributed by atoms with E-state index in [1.165, 1.54) is 0 Å². The van der Waals surface area contributed by atoms with Gasteiger partial charge in [-0.25, -0.2) is 0 Å². The Morgan fingerprint density at radius 2 is 2.12 bits per heavy atom. The van der Waals surface area contributed by atoms with Gasteiger partial charge in [0.2, 0.25) is 0 Å². The highest BCUT2D eigenvalue weighted by molar-refractivity contribution is 4.79. The Morgan fingerprint density at radius 3 is 2.62 bits per heavy atom. The molecule has 0 bridgehead atoms. The van der Waals surface area contributed by atoms with E-state index in [-0.39, 0.29) is 12.0 Å². The van der Waals surface area contributed by atoms with Crippen LogP contribution in [0, 0.1) is 5.92 Å². The molecule has 1 rings (SSSR count). The molecule has 2 atom stereocenters. The summed E-state index contributed by atoms with van der Waals surface area (Å²) < 4.78 is 5.38. The summed E-state index contributed by atoms with van der Waals surface area (Å²) in [7, 11) is 0. The van der Waals surface area contributed by atoms with E-state index in [2.05, 4.69) is 11.8 Å². The minimum atomic E-state index is -0.684. The van der Waals surface area contributed by atoms with Gasteiger partial charge in [0, 0.05) is 25.6 Å². The van der Waals surface area contributed by atoms with Crippen LogP contribution in [-0.4, -0.2) is 59.7 Å². The van der Waals surface area contributed by atoms with Gasteiger partial charge in [0.1, 0.15) is 0 Å². The van der Waals surface area contributed by atoms with Gasteiger partial charge in [0.05, 0.1) is 18.3 Å². The highest BCUT2D eigenvalue weighted by Gasteiger charge is 2.27. The van der Waals surface area contributed by atoms with Gasteiger partial charge in [-0.1, -0.05) is 6.92 Å². The molecule has 0 aromatic carbocycles. The zero-order valence-corrected chi connectivity index (χ0v) is 10.6. The lowest BCUT2D eigenvalue weighted by Crippen LogP contribution is -2.45. The van der Waals surface area contributed by atoms with E-state index >= 15 is 0 Å². The van der Waals surface area contributed by atoms with Crippen molar-refractivity contribution in [3.8, 4) is 0 Å². The van der Waals surface area contributed by atoms with E-state index in [0.717, 1.165) is 19.5 Å². The molecular weight excluding hydrogens is 206 g/mol. The molecule has 1 heterocycles. The van der Waals surface area contributed by atoms with Crippen LogP contribution in [0.2, 0.25) is 0 Å². The van der Waals surface area contributed by atoms with Gasteiger partial charge in [0.25, 0.3) is 0 Å². The molecule has 16 heavy (non-hydrogen) atoms. The number of hydrogen-bond acceptors (Lipinski definition) is 4. The number of aliphatic hydroxyl groups is 2. The number of nitrogens with zero attached hydrogens (tertiary/aromatic N) is 1. The van der Waals surface area contributed by atoms with Crippen LogP contribution < -0.4 is 0 Å². The Kier molecular flexibility index (Phi) is 5.18. The van der Waals surface area contributed by atoms with Gasteiger partial charge in [-0.15, -0.1) is 0 Å². The first-order chi connectivity index (χ1) is 7.42. The van der Waals surface area contributed by atoms with E-state index in [1.54, 1.807) is 0 Å². The first-order valence-electron chi connectivity index (χ1n) is 6.13. The van der Waals surface area contributed by atoms with Crippen molar-refractivity contribution in [2.75, 3.05) is 32.8 Å². The summed E-state index contributed by atoms with van der Waals surface area (Å²) >= 11 is 0. The maximum Gasteiger partial charge on any atom is 0.0718 e. The van der Waals surface area contributed by atoms with Gasteiger partial charge >= 0.3 is 0 Å². The van der Waals surface area contributed by atoms with E-state index < -0.39 is 5.60 Å². The molecule has 0 radical (unpaired) electrons. The first kappa shape index (κ1) is 13.9. The minimum absolute atomic E-state index is 0.177. The molecule has 0 aromatic heterocycles. The van der Waals surface area contributed by atoms with Crippen LogP contribution in [0.4, 0.5) is 0 Å². The molecule has 4 heteroatoms. The number of hydrogen-bond donors (Lipinski definition) is 2. The van der Waals surface area contributed by atoms with Crippen LogP contribution in [0.25, 0.3) is 0 Å². The van der Waals surface area contributed by atoms with Crippen molar-refractivity contribution in [3.05, 3.63) is 0 Å². The largest absolute Gasteiger partial charge is 0.393 e. The molecule has 0 spiro atoms. The normalized spacial score (nSPS) is 27.4. The monoisotopic (exact) mass is 231 g/mol. The summed E-state index contributed by atoms with van der Waals surface area (Å²) in [6.07, 6.45) is 0.467. The first-order valence-corrected chi connectivity index (χ1v) is 6.13. The molecule has 96 valence electrons. The lowest BCUT2D eigenvalue weighted by Gasteiger charge is -2.34. The van der Waals surface area contributed by atoms with E-state index in [9.17, 15) is 10.2 Å². The second kappa shape index (κ2) is 5.96. The SMILES string of the molecule is CCN(CC1COCCC1O)CC(C)(C)O. The quantitative estimate of drug-likeness (QED) is 0.722. The van der Waals surface area contributed by atoms with Crippen molar-refractivity contribution >= 4 is 0 Å². The van der Waals surface area contributed by atoms with Crippen LogP contribution in [0.1, 0.15) is 27.2 Å². The van der Waals surface area contributed by atoms with Crippen LogP contribution in [0.15, 0.2) is 0 Å². The number of aliphatic hydroxyl groups excluding tert-OH is 1. The summed E-state index contributed by atoms with van der Waals surface area (Å²) in [6, 6.07) is 0. The van der Waals surface area contributed by atoms with Crippen molar-refractivity contribution < 1.29 is 14.9 Å². The van der Waals surface area contributed by atoms with Gasteiger partial charge in [0.15, 0.2) is 0 Å². The Labute approximate surface area is 98.2 Å². The van der Waals surface area contributed by atoms with Gasteiger partial charge < -0.3 is 19.8 Å². The standard InChI is InChI=1S/C12H25NO3/c1-4-13(9-12(2,3)15)7-10-8-16-6-5-11(10)14/h10-11,14-15H,4-9H2,1-3H3. The zero-order valence-electron chi connectivity index (χ0n) is 10.6. The van der Waals surface area contributed by atoms with Crippen LogP contribution in [-0.2, 0) is 4.74 Å². The van der Waals surface area contributed by atoms with Crippen LogP contribution in [0.5, 0.6) is 0 Å². The van der Waals surface area contributed by atoms with Gasteiger partial charge in [-0.05, 0) is 26.8 Å². The van der Waals surface area contributed by atoms with Crippen molar-refractivity contribution in [1.29, 1.82) is 0 Å². The van der Waals surface area contributed by atoms with Crippen molar-refractivity contribution in [2.24, 2.45) is 5.92 Å². The smallest absolute Gasteiger partial charge is 0.0718 e.